The predicted octanol–water partition coefficient (Wildman–Crippen LogP) is 2.68. The molecule has 0 spiro atoms. The van der Waals surface area contributed by atoms with Crippen LogP contribution in [-0.2, 0) is 0 Å². The number of hydrogen-bond donors (Lipinski definition) is 1. The van der Waals surface area contributed by atoms with E-state index in [4.69, 9.17) is 0 Å². The van der Waals surface area contributed by atoms with Gasteiger partial charge in [-0.2, -0.15) is 0 Å². The number of rotatable bonds is 3. The van der Waals surface area contributed by atoms with Crippen LogP contribution >= 0.6 is 15.9 Å². The lowest BCUT2D eigenvalue weighted by molar-refractivity contribution is 0.0697. The van der Waals surface area contributed by atoms with Crippen LogP contribution in [0.25, 0.3) is 0 Å². The van der Waals surface area contributed by atoms with Crippen LogP contribution in [0.5, 0.6) is 0 Å². The lowest BCUT2D eigenvalue weighted by atomic mass is 10.0. The van der Waals surface area contributed by atoms with E-state index >= 15 is 0 Å². The number of hydrogen-bond acceptors (Lipinski definition) is 3. The normalized spacial score (nSPS) is 16.9. The van der Waals surface area contributed by atoms with Crippen molar-refractivity contribution in [2.24, 2.45) is 0 Å². The Bertz CT molecular complexity index is 469. The van der Waals surface area contributed by atoms with E-state index in [1.54, 1.807) is 12.1 Å². The zero-order chi connectivity index (χ0) is 14.0. The van der Waals surface area contributed by atoms with Gasteiger partial charge < -0.3 is 14.9 Å². The molecule has 19 heavy (non-hydrogen) atoms. The summed E-state index contributed by atoms with van der Waals surface area (Å²) < 4.78 is 0.919. The van der Waals surface area contributed by atoms with E-state index in [2.05, 4.69) is 39.8 Å². The van der Waals surface area contributed by atoms with Gasteiger partial charge in [0.05, 0.1) is 11.3 Å². The number of benzene rings is 1. The van der Waals surface area contributed by atoms with Gasteiger partial charge in [-0.15, -0.1) is 0 Å². The van der Waals surface area contributed by atoms with Gasteiger partial charge >= 0.3 is 5.97 Å². The third-order valence-corrected chi connectivity index (χ3v) is 4.22. The van der Waals surface area contributed by atoms with Crippen molar-refractivity contribution >= 4 is 27.6 Å². The van der Waals surface area contributed by atoms with Gasteiger partial charge in [-0.1, -0.05) is 15.9 Å². The molecule has 1 aliphatic rings. The number of halogens is 1. The van der Waals surface area contributed by atoms with Gasteiger partial charge in [-0.05, 0) is 45.1 Å². The highest BCUT2D eigenvalue weighted by Crippen LogP contribution is 2.28. The summed E-state index contributed by atoms with van der Waals surface area (Å²) in [7, 11) is 4.20. The Hall–Kier alpha value is -1.07. The first-order chi connectivity index (χ1) is 8.99. The van der Waals surface area contributed by atoms with Gasteiger partial charge in [-0.3, -0.25) is 0 Å². The summed E-state index contributed by atoms with van der Waals surface area (Å²) in [6, 6.07) is 5.94. The molecule has 1 aliphatic heterocycles. The molecule has 104 valence electrons. The molecule has 0 amide bonds. The van der Waals surface area contributed by atoms with E-state index in [-0.39, 0.29) is 0 Å². The number of aromatic carboxylic acids is 1. The second kappa shape index (κ2) is 5.92. The van der Waals surface area contributed by atoms with Gasteiger partial charge in [0.15, 0.2) is 0 Å². The molecule has 0 aromatic heterocycles. The number of anilines is 1. The number of nitrogens with zero attached hydrogens (tertiary/aromatic N) is 2. The molecule has 0 radical (unpaired) electrons. The summed E-state index contributed by atoms with van der Waals surface area (Å²) in [5.74, 6) is -0.864. The molecule has 1 fully saturated rings. The molecule has 1 heterocycles. The predicted molar refractivity (Wildman–Crippen MR) is 80.0 cm³/mol. The summed E-state index contributed by atoms with van der Waals surface area (Å²) in [5.41, 5.74) is 1.20. The average molecular weight is 327 g/mol. The van der Waals surface area contributed by atoms with E-state index in [9.17, 15) is 9.90 Å². The Morgan fingerprint density at radius 1 is 1.37 bits per heavy atom. The van der Waals surface area contributed by atoms with Crippen LogP contribution < -0.4 is 4.90 Å². The maximum absolute atomic E-state index is 11.3. The highest BCUT2D eigenvalue weighted by atomic mass is 79.9. The molecule has 1 saturated heterocycles. The van der Waals surface area contributed by atoms with E-state index in [1.165, 1.54) is 0 Å². The van der Waals surface area contributed by atoms with Crippen molar-refractivity contribution in [3.05, 3.63) is 28.2 Å². The third kappa shape index (κ3) is 3.28. The number of carboxylic acids is 1. The van der Waals surface area contributed by atoms with Crippen LogP contribution in [0.3, 0.4) is 0 Å². The first-order valence-electron chi connectivity index (χ1n) is 6.43. The van der Waals surface area contributed by atoms with Crippen molar-refractivity contribution in [3.63, 3.8) is 0 Å². The average Bonchev–Trinajstić information content (AvgIpc) is 2.38. The van der Waals surface area contributed by atoms with Crippen LogP contribution in [0.15, 0.2) is 22.7 Å². The largest absolute Gasteiger partial charge is 0.478 e. The second-order valence-electron chi connectivity index (χ2n) is 5.15. The Labute approximate surface area is 122 Å². The Kier molecular flexibility index (Phi) is 4.47. The molecule has 0 saturated carbocycles. The van der Waals surface area contributed by atoms with Crippen molar-refractivity contribution in [1.29, 1.82) is 0 Å². The second-order valence-corrected chi connectivity index (χ2v) is 6.06. The minimum absolute atomic E-state index is 0.381. The van der Waals surface area contributed by atoms with Gasteiger partial charge in [0.2, 0.25) is 0 Å². The monoisotopic (exact) mass is 326 g/mol. The standard InChI is InChI=1S/C14H19BrN2O2/c1-16(2)11-5-7-17(8-6-11)13-9-10(15)3-4-12(13)14(18)19/h3-4,9,11H,5-8H2,1-2H3,(H,18,19). The van der Waals surface area contributed by atoms with Gasteiger partial charge in [-0.25, -0.2) is 4.79 Å². The molecule has 0 bridgehead atoms. The molecule has 5 heteroatoms. The van der Waals surface area contributed by atoms with Crippen molar-refractivity contribution < 1.29 is 9.90 Å². The highest BCUT2D eigenvalue weighted by Gasteiger charge is 2.23. The maximum atomic E-state index is 11.3. The minimum Gasteiger partial charge on any atom is -0.478 e. The first kappa shape index (κ1) is 14.3. The van der Waals surface area contributed by atoms with Crippen LogP contribution in [0.1, 0.15) is 23.2 Å². The van der Waals surface area contributed by atoms with E-state index in [0.29, 0.717) is 11.6 Å². The number of carboxylic acid groups (broad SMARTS) is 1. The molecule has 1 aromatic carbocycles. The van der Waals surface area contributed by atoms with Gasteiger partial charge in [0.25, 0.3) is 0 Å². The van der Waals surface area contributed by atoms with Crippen LogP contribution in [0.2, 0.25) is 0 Å². The number of carbonyl (C=O) groups is 1. The lowest BCUT2D eigenvalue weighted by Crippen LogP contribution is -2.42. The fraction of sp³-hybridized carbons (Fsp3) is 0.500. The maximum Gasteiger partial charge on any atom is 0.337 e. The molecule has 1 N–H and O–H groups in total. The summed E-state index contributed by atoms with van der Waals surface area (Å²) in [5, 5.41) is 9.28. The summed E-state index contributed by atoms with van der Waals surface area (Å²) in [6.07, 6.45) is 2.14. The molecule has 0 aliphatic carbocycles. The van der Waals surface area contributed by atoms with Crippen LogP contribution in [0.4, 0.5) is 5.69 Å². The SMILES string of the molecule is CN(C)C1CCN(c2cc(Br)ccc2C(=O)O)CC1. The van der Waals surface area contributed by atoms with Crippen molar-refractivity contribution in [1.82, 2.24) is 4.90 Å². The zero-order valence-corrected chi connectivity index (χ0v) is 12.9. The summed E-state index contributed by atoms with van der Waals surface area (Å²) >= 11 is 3.42. The molecule has 0 atom stereocenters. The lowest BCUT2D eigenvalue weighted by Gasteiger charge is -2.37. The van der Waals surface area contributed by atoms with E-state index in [0.717, 1.165) is 36.1 Å². The van der Waals surface area contributed by atoms with Crippen molar-refractivity contribution in [2.45, 2.75) is 18.9 Å². The smallest absolute Gasteiger partial charge is 0.337 e. The van der Waals surface area contributed by atoms with Gasteiger partial charge in [0, 0.05) is 23.6 Å². The third-order valence-electron chi connectivity index (χ3n) is 3.73. The quantitative estimate of drug-likeness (QED) is 0.927. The minimum atomic E-state index is -0.864. The number of piperidine rings is 1. The Morgan fingerprint density at radius 3 is 2.53 bits per heavy atom. The fourth-order valence-corrected chi connectivity index (χ4v) is 2.92. The summed E-state index contributed by atoms with van der Waals surface area (Å²) in [4.78, 5) is 15.7. The van der Waals surface area contributed by atoms with Crippen molar-refractivity contribution in [2.75, 3.05) is 32.1 Å². The first-order valence-corrected chi connectivity index (χ1v) is 7.22. The fourth-order valence-electron chi connectivity index (χ4n) is 2.57. The topological polar surface area (TPSA) is 43.8 Å². The molecule has 0 unspecified atom stereocenters. The van der Waals surface area contributed by atoms with Crippen LogP contribution in [0, 0.1) is 0 Å². The molecular formula is C14H19BrN2O2. The van der Waals surface area contributed by atoms with E-state index < -0.39 is 5.97 Å². The van der Waals surface area contributed by atoms with E-state index in [1.807, 2.05) is 6.07 Å². The highest BCUT2D eigenvalue weighted by molar-refractivity contribution is 9.10. The zero-order valence-electron chi connectivity index (χ0n) is 11.3. The molecular weight excluding hydrogens is 308 g/mol. The van der Waals surface area contributed by atoms with Crippen LogP contribution in [-0.4, -0.2) is 49.2 Å². The Balaban J connectivity index is 2.19. The molecule has 1 aromatic rings. The van der Waals surface area contributed by atoms with Gasteiger partial charge in [0.1, 0.15) is 0 Å². The molecule has 2 rings (SSSR count). The molecule has 4 nitrogen and oxygen atoms in total. The van der Waals surface area contributed by atoms with Crippen molar-refractivity contribution in [3.8, 4) is 0 Å². The Morgan fingerprint density at radius 2 is 2.00 bits per heavy atom. The summed E-state index contributed by atoms with van der Waals surface area (Å²) in [6.45, 7) is 1.80.